The molecule has 0 radical (unpaired) electrons. The highest BCUT2D eigenvalue weighted by atomic mass is 16.2. The second-order valence-electron chi connectivity index (χ2n) is 4.28. The van der Waals surface area contributed by atoms with Crippen LogP contribution in [0.15, 0.2) is 24.2 Å². The van der Waals surface area contributed by atoms with E-state index in [0.29, 0.717) is 11.3 Å². The molecule has 2 nitrogen and oxygen atoms in total. The van der Waals surface area contributed by atoms with Gasteiger partial charge in [0.15, 0.2) is 0 Å². The van der Waals surface area contributed by atoms with Gasteiger partial charge in [0.25, 0.3) is 0 Å². The third-order valence-corrected chi connectivity index (χ3v) is 3.44. The van der Waals surface area contributed by atoms with Crippen LogP contribution in [0.1, 0.15) is 42.6 Å². The molecule has 3 rings (SSSR count). The number of amides is 1. The summed E-state index contributed by atoms with van der Waals surface area (Å²) in [5.74, 6) is -0.290. The maximum absolute atomic E-state index is 12.1. The predicted octanol–water partition coefficient (Wildman–Crippen LogP) is 2.91. The van der Waals surface area contributed by atoms with Crippen molar-refractivity contribution in [2.24, 2.45) is 5.92 Å². The van der Waals surface area contributed by atoms with Crippen LogP contribution in [0, 0.1) is 5.92 Å². The molecule has 15 heavy (non-hydrogen) atoms. The van der Waals surface area contributed by atoms with Crippen LogP contribution in [0.2, 0.25) is 0 Å². The average molecular weight is 205 g/mol. The number of fused-ring (bicyclic) bond motifs is 3. The molecule has 78 valence electrons. The molecule has 1 N–H and O–H groups in total. The largest absolute Gasteiger partial charge is 0.326 e. The van der Waals surface area contributed by atoms with Crippen LogP contribution in [-0.2, 0) is 4.79 Å². The minimum absolute atomic E-state index is 0.00731. The lowest BCUT2D eigenvalue weighted by atomic mass is 9.72. The molecule has 0 saturated heterocycles. The molecule has 1 amide bonds. The zero-order valence-electron chi connectivity index (χ0n) is 12.4. The Kier molecular flexibility index (Phi) is 1.28. The molecular weight excluding hydrogens is 186 g/mol. The first-order chi connectivity index (χ1) is 9.02. The van der Waals surface area contributed by atoms with Gasteiger partial charge in [0.2, 0.25) is 5.91 Å². The molecule has 1 fully saturated rings. The van der Waals surface area contributed by atoms with Gasteiger partial charge in [-0.2, -0.15) is 0 Å². The van der Waals surface area contributed by atoms with Crippen LogP contribution in [-0.4, -0.2) is 5.91 Å². The zero-order chi connectivity index (χ0) is 13.7. The van der Waals surface area contributed by atoms with E-state index in [4.69, 9.17) is 5.48 Å². The van der Waals surface area contributed by atoms with Crippen molar-refractivity contribution >= 4 is 11.6 Å². The maximum Gasteiger partial charge on any atom is 0.228 e. The van der Waals surface area contributed by atoms with Gasteiger partial charge >= 0.3 is 0 Å². The van der Waals surface area contributed by atoms with Gasteiger partial charge < -0.3 is 5.32 Å². The number of benzene rings is 1. The van der Waals surface area contributed by atoms with Gasteiger partial charge in [-0.05, 0) is 30.4 Å². The van der Waals surface area contributed by atoms with Crippen molar-refractivity contribution in [2.75, 3.05) is 5.32 Å². The number of carbonyl (C=O) groups excluding carboxylic acids is 1. The topological polar surface area (TPSA) is 29.1 Å². The van der Waals surface area contributed by atoms with Crippen molar-refractivity contribution < 1.29 is 10.3 Å². The summed E-state index contributed by atoms with van der Waals surface area (Å²) in [5, 5.41) is 2.69. The number of hydrogen-bond donors (Lipinski definition) is 1. The second-order valence-corrected chi connectivity index (χ2v) is 4.28. The summed E-state index contributed by atoms with van der Waals surface area (Å²) in [7, 11) is 0. The van der Waals surface area contributed by atoms with E-state index >= 15 is 0 Å². The Morgan fingerprint density at radius 3 is 2.80 bits per heavy atom. The highest BCUT2D eigenvalue weighted by Crippen LogP contribution is 2.44. The van der Waals surface area contributed by atoms with E-state index in [1.807, 2.05) is 0 Å². The van der Waals surface area contributed by atoms with Crippen LogP contribution >= 0.6 is 0 Å². The van der Waals surface area contributed by atoms with Crippen LogP contribution in [0.3, 0.4) is 0 Å². The first kappa shape index (κ1) is 5.69. The van der Waals surface area contributed by atoms with Crippen molar-refractivity contribution in [1.82, 2.24) is 0 Å². The Hall–Kier alpha value is -1.31. The SMILES string of the molecule is [2H]c1c([2H])c([2H])c2c(c1[2H])NC(=O)[C@@H]1CCCC[C@H]21. The standard InChI is InChI=1S/C13H15NO/c15-13-11-7-2-1-5-9(11)10-6-3-4-8-12(10)14-13/h3-4,6,8-9,11H,1-2,5,7H2,(H,14,15)/t9-,11-/m1/s1/i3D,4D,6D,8D. The predicted molar refractivity (Wildman–Crippen MR) is 59.8 cm³/mol. The van der Waals surface area contributed by atoms with Crippen LogP contribution in [0.5, 0.6) is 0 Å². The van der Waals surface area contributed by atoms with Crippen molar-refractivity contribution in [1.29, 1.82) is 0 Å². The molecule has 2 heteroatoms. The third kappa shape index (κ3) is 1.36. The fourth-order valence-corrected chi connectivity index (χ4v) is 2.70. The molecule has 1 heterocycles. The quantitative estimate of drug-likeness (QED) is 0.693. The lowest BCUT2D eigenvalue weighted by Gasteiger charge is -2.36. The van der Waals surface area contributed by atoms with Crippen molar-refractivity contribution in [3.05, 3.63) is 29.7 Å². The minimum atomic E-state index is -0.279. The summed E-state index contributed by atoms with van der Waals surface area (Å²) in [6.45, 7) is 0. The van der Waals surface area contributed by atoms with E-state index in [1.165, 1.54) is 0 Å². The monoisotopic (exact) mass is 205 g/mol. The molecule has 0 unspecified atom stereocenters. The van der Waals surface area contributed by atoms with E-state index in [1.54, 1.807) is 0 Å². The van der Waals surface area contributed by atoms with E-state index in [-0.39, 0.29) is 41.9 Å². The van der Waals surface area contributed by atoms with Crippen molar-refractivity contribution in [2.45, 2.75) is 31.6 Å². The molecule has 1 aromatic rings. The van der Waals surface area contributed by atoms with Crippen LogP contribution in [0.25, 0.3) is 0 Å². The molecule has 1 aliphatic carbocycles. The van der Waals surface area contributed by atoms with Gasteiger partial charge in [0, 0.05) is 11.6 Å². The summed E-state index contributed by atoms with van der Waals surface area (Å²) in [5.41, 5.74) is 0.898. The second kappa shape index (κ2) is 3.37. The Balaban J connectivity index is 2.24. The third-order valence-electron chi connectivity index (χ3n) is 3.44. The molecular formula is C13H15NO. The van der Waals surface area contributed by atoms with E-state index in [0.717, 1.165) is 25.7 Å². The molecule has 1 aliphatic heterocycles. The minimum Gasteiger partial charge on any atom is -0.326 e. The van der Waals surface area contributed by atoms with Crippen LogP contribution in [0.4, 0.5) is 5.69 Å². The highest BCUT2D eigenvalue weighted by molar-refractivity contribution is 5.96. The van der Waals surface area contributed by atoms with Crippen LogP contribution < -0.4 is 5.32 Å². The van der Waals surface area contributed by atoms with Gasteiger partial charge in [0.05, 0.1) is 5.48 Å². The van der Waals surface area contributed by atoms with E-state index in [2.05, 4.69) is 5.32 Å². The summed E-state index contributed by atoms with van der Waals surface area (Å²) >= 11 is 0. The Morgan fingerprint density at radius 2 is 1.93 bits per heavy atom. The fourth-order valence-electron chi connectivity index (χ4n) is 2.70. The Bertz CT molecular complexity index is 572. The van der Waals surface area contributed by atoms with E-state index < -0.39 is 0 Å². The first-order valence-corrected chi connectivity index (χ1v) is 5.43. The number of para-hydroxylation sites is 1. The van der Waals surface area contributed by atoms with Crippen molar-refractivity contribution in [3.63, 3.8) is 0 Å². The Morgan fingerprint density at radius 1 is 1.20 bits per heavy atom. The summed E-state index contributed by atoms with van der Waals surface area (Å²) in [6.07, 6.45) is 3.65. The maximum atomic E-state index is 12.1. The number of hydrogen-bond acceptors (Lipinski definition) is 1. The number of carbonyl (C=O) groups is 1. The number of anilines is 1. The van der Waals surface area contributed by atoms with Gasteiger partial charge in [-0.15, -0.1) is 0 Å². The molecule has 0 bridgehead atoms. The highest BCUT2D eigenvalue weighted by Gasteiger charge is 2.36. The normalized spacial score (nSPS) is 32.7. The van der Waals surface area contributed by atoms with Gasteiger partial charge in [-0.3, -0.25) is 4.79 Å². The number of nitrogens with one attached hydrogen (secondary N) is 1. The molecule has 0 spiro atoms. The lowest BCUT2D eigenvalue weighted by Crippen LogP contribution is -2.35. The van der Waals surface area contributed by atoms with Gasteiger partial charge in [0.1, 0.15) is 0 Å². The Labute approximate surface area is 95.3 Å². The average Bonchev–Trinajstić information content (AvgIpc) is 2.43. The number of rotatable bonds is 0. The summed E-state index contributed by atoms with van der Waals surface area (Å²) < 4.78 is 31.4. The fraction of sp³-hybridized carbons (Fsp3) is 0.462. The lowest BCUT2D eigenvalue weighted by molar-refractivity contribution is -0.121. The molecule has 1 saturated carbocycles. The first-order valence-electron chi connectivity index (χ1n) is 7.43. The smallest absolute Gasteiger partial charge is 0.228 e. The molecule has 0 aromatic heterocycles. The van der Waals surface area contributed by atoms with E-state index in [9.17, 15) is 4.79 Å². The summed E-state index contributed by atoms with van der Waals surface area (Å²) in [4.78, 5) is 12.1. The molecule has 1 aromatic carbocycles. The zero-order valence-corrected chi connectivity index (χ0v) is 8.39. The molecule has 2 atom stereocenters. The van der Waals surface area contributed by atoms with Gasteiger partial charge in [-0.1, -0.05) is 31.0 Å². The van der Waals surface area contributed by atoms with Crippen molar-refractivity contribution in [3.8, 4) is 0 Å². The summed E-state index contributed by atoms with van der Waals surface area (Å²) in [6, 6.07) is -0.608. The molecule has 2 aliphatic rings. The van der Waals surface area contributed by atoms with Gasteiger partial charge in [-0.25, -0.2) is 0 Å².